The highest BCUT2D eigenvalue weighted by Gasteiger charge is 2.38. The number of benzene rings is 1. The largest absolute Gasteiger partial charge is 0.486 e. The quantitative estimate of drug-likeness (QED) is 0.538. The number of alkyl halides is 1. The van der Waals surface area contributed by atoms with Gasteiger partial charge in [0, 0.05) is 31.5 Å². The van der Waals surface area contributed by atoms with Gasteiger partial charge in [-0.05, 0) is 12.5 Å². The summed E-state index contributed by atoms with van der Waals surface area (Å²) in [6.07, 6.45) is 1.16. The van der Waals surface area contributed by atoms with Gasteiger partial charge in [0.25, 0.3) is 0 Å². The minimum absolute atomic E-state index is 0.125. The lowest BCUT2D eigenvalue weighted by Gasteiger charge is -2.22. The van der Waals surface area contributed by atoms with E-state index in [2.05, 4.69) is 32.1 Å². The molecule has 1 aromatic carbocycles. The summed E-state index contributed by atoms with van der Waals surface area (Å²) < 4.78 is 26.0. The van der Waals surface area contributed by atoms with Crippen molar-refractivity contribution in [2.45, 2.75) is 19.0 Å². The van der Waals surface area contributed by atoms with Crippen molar-refractivity contribution in [2.75, 3.05) is 36.2 Å². The van der Waals surface area contributed by atoms with Crippen LogP contribution in [0, 0.1) is 17.2 Å². The van der Waals surface area contributed by atoms with Crippen LogP contribution in [-0.2, 0) is 4.79 Å². The first kappa shape index (κ1) is 19.9. The fourth-order valence-electron chi connectivity index (χ4n) is 3.60. The van der Waals surface area contributed by atoms with Gasteiger partial charge in [-0.15, -0.1) is 0 Å². The Bertz CT molecular complexity index is 1250. The first-order chi connectivity index (χ1) is 15.6. The van der Waals surface area contributed by atoms with Gasteiger partial charge >= 0.3 is 0 Å². The Balaban J connectivity index is 1.48. The van der Waals surface area contributed by atoms with Crippen LogP contribution in [0.15, 0.2) is 24.4 Å². The van der Waals surface area contributed by atoms with Gasteiger partial charge in [-0.2, -0.15) is 14.9 Å². The number of carbonyl (C=O) groups excluding carboxylic acids is 1. The molecule has 5 rings (SSSR count). The number of hydrogen-bond acceptors (Lipinski definition) is 8. The van der Waals surface area contributed by atoms with Crippen molar-refractivity contribution in [3.63, 3.8) is 0 Å². The lowest BCUT2D eigenvalue weighted by molar-refractivity contribution is -0.116. The van der Waals surface area contributed by atoms with Gasteiger partial charge in [0.15, 0.2) is 17.1 Å². The van der Waals surface area contributed by atoms with Crippen molar-refractivity contribution in [1.82, 2.24) is 14.6 Å². The van der Waals surface area contributed by atoms with Gasteiger partial charge in [0.05, 0.1) is 23.5 Å². The van der Waals surface area contributed by atoms with Crippen LogP contribution in [0.1, 0.15) is 18.4 Å². The maximum atomic E-state index is 13.1. The van der Waals surface area contributed by atoms with E-state index in [0.717, 1.165) is 0 Å². The molecule has 2 aliphatic rings. The van der Waals surface area contributed by atoms with Crippen molar-refractivity contribution in [1.29, 1.82) is 5.26 Å². The van der Waals surface area contributed by atoms with Crippen LogP contribution in [0.3, 0.4) is 0 Å². The number of hydrogen-bond donors (Lipinski definition) is 3. The zero-order chi connectivity index (χ0) is 22.2. The number of nitrogens with one attached hydrogen (secondary N) is 3. The highest BCUT2D eigenvalue weighted by Crippen LogP contribution is 2.40. The standard InChI is InChI=1S/C21H20FN7O3/c1-24-18-8-17(26-14-4-11(9-23)5-16-20(14)32-3-2-31-16)28-21-15(10-25-29(18)21)27-19(30)7-12-6-13(12)22/h4-5,8,10,12-13,24H,2-3,6-7H2,1H3,(H,26,28)(H,27,30)/t12-,13-/m0/s1. The predicted octanol–water partition coefficient (Wildman–Crippen LogP) is 2.84. The van der Waals surface area contributed by atoms with Gasteiger partial charge in [0.2, 0.25) is 5.91 Å². The average molecular weight is 437 g/mol. The minimum atomic E-state index is -0.893. The van der Waals surface area contributed by atoms with Crippen LogP contribution >= 0.6 is 0 Å². The molecule has 3 N–H and O–H groups in total. The third-order valence-electron chi connectivity index (χ3n) is 5.32. The van der Waals surface area contributed by atoms with Crippen molar-refractivity contribution in [3.8, 4) is 17.6 Å². The van der Waals surface area contributed by atoms with Gasteiger partial charge in [-0.1, -0.05) is 0 Å². The van der Waals surface area contributed by atoms with Crippen molar-refractivity contribution in [3.05, 3.63) is 30.0 Å². The van der Waals surface area contributed by atoms with Crippen LogP contribution in [-0.4, -0.2) is 46.9 Å². The molecular formula is C21H20FN7O3. The number of halogens is 1. The summed E-state index contributed by atoms with van der Waals surface area (Å²) in [5.74, 6) is 1.54. The zero-order valence-electron chi connectivity index (χ0n) is 17.2. The molecule has 0 saturated heterocycles. The first-order valence-corrected chi connectivity index (χ1v) is 10.2. The summed E-state index contributed by atoms with van der Waals surface area (Å²) in [4.78, 5) is 16.9. The monoisotopic (exact) mass is 437 g/mol. The first-order valence-electron chi connectivity index (χ1n) is 10.2. The number of fused-ring (bicyclic) bond motifs is 2. The van der Waals surface area contributed by atoms with E-state index in [9.17, 15) is 14.4 Å². The van der Waals surface area contributed by atoms with Gasteiger partial charge in [0.1, 0.15) is 36.7 Å². The van der Waals surface area contributed by atoms with Gasteiger partial charge in [-0.3, -0.25) is 4.79 Å². The van der Waals surface area contributed by atoms with E-state index in [1.165, 1.54) is 6.20 Å². The minimum Gasteiger partial charge on any atom is -0.486 e. The Kier molecular flexibility index (Phi) is 4.89. The summed E-state index contributed by atoms with van der Waals surface area (Å²) in [6, 6.07) is 7.12. The van der Waals surface area contributed by atoms with E-state index in [1.54, 1.807) is 29.8 Å². The highest BCUT2D eigenvalue weighted by molar-refractivity contribution is 5.95. The molecule has 1 aliphatic carbocycles. The highest BCUT2D eigenvalue weighted by atomic mass is 19.1. The Morgan fingerprint density at radius 3 is 2.88 bits per heavy atom. The fourth-order valence-corrected chi connectivity index (χ4v) is 3.60. The third-order valence-corrected chi connectivity index (χ3v) is 5.32. The van der Waals surface area contributed by atoms with Crippen LogP contribution in [0.5, 0.6) is 11.5 Å². The van der Waals surface area contributed by atoms with E-state index in [1.807, 2.05) is 0 Å². The number of rotatable bonds is 6. The third kappa shape index (κ3) is 3.71. The van der Waals surface area contributed by atoms with Crippen molar-refractivity contribution < 1.29 is 18.7 Å². The molecule has 32 heavy (non-hydrogen) atoms. The molecule has 0 unspecified atom stereocenters. The Morgan fingerprint density at radius 1 is 1.31 bits per heavy atom. The molecule has 2 atom stereocenters. The second kappa shape index (κ2) is 7.88. The molecule has 3 aromatic rings. The molecule has 3 heterocycles. The average Bonchev–Trinajstić information content (AvgIpc) is 3.34. The Labute approximate surface area is 182 Å². The number of amides is 1. The second-order valence-corrected chi connectivity index (χ2v) is 7.62. The molecule has 1 amide bonds. The van der Waals surface area contributed by atoms with E-state index in [0.29, 0.717) is 65.4 Å². The zero-order valence-corrected chi connectivity index (χ0v) is 17.2. The summed E-state index contributed by atoms with van der Waals surface area (Å²) >= 11 is 0. The number of nitriles is 1. The van der Waals surface area contributed by atoms with E-state index < -0.39 is 6.17 Å². The molecule has 0 radical (unpaired) electrons. The molecule has 10 nitrogen and oxygen atoms in total. The fraction of sp³-hybridized carbons (Fsp3) is 0.333. The summed E-state index contributed by atoms with van der Waals surface area (Å²) in [5, 5.41) is 22.6. The van der Waals surface area contributed by atoms with E-state index in [4.69, 9.17) is 9.47 Å². The lowest BCUT2D eigenvalue weighted by atomic mass is 10.1. The van der Waals surface area contributed by atoms with E-state index >= 15 is 0 Å². The molecule has 164 valence electrons. The summed E-state index contributed by atoms with van der Waals surface area (Å²) in [5.41, 5.74) is 1.77. The van der Waals surface area contributed by atoms with E-state index in [-0.39, 0.29) is 18.2 Å². The van der Waals surface area contributed by atoms with Gasteiger partial charge < -0.3 is 25.4 Å². The number of nitrogens with zero attached hydrogens (tertiary/aromatic N) is 4. The Hall–Kier alpha value is -4.07. The van der Waals surface area contributed by atoms with Crippen LogP contribution < -0.4 is 25.4 Å². The molecule has 0 bridgehead atoms. The molecule has 1 fully saturated rings. The van der Waals surface area contributed by atoms with Crippen LogP contribution in [0.25, 0.3) is 5.65 Å². The molecule has 0 spiro atoms. The summed E-state index contributed by atoms with van der Waals surface area (Å²) in [7, 11) is 1.74. The molecular weight excluding hydrogens is 417 g/mol. The Morgan fingerprint density at radius 2 is 2.12 bits per heavy atom. The molecule has 1 aliphatic heterocycles. The predicted molar refractivity (Wildman–Crippen MR) is 114 cm³/mol. The van der Waals surface area contributed by atoms with Crippen molar-refractivity contribution in [2.24, 2.45) is 5.92 Å². The number of ether oxygens (including phenoxy) is 2. The van der Waals surface area contributed by atoms with Gasteiger partial charge in [-0.25, -0.2) is 9.37 Å². The topological polar surface area (TPSA) is 126 Å². The second-order valence-electron chi connectivity index (χ2n) is 7.62. The number of anilines is 4. The van der Waals surface area contributed by atoms with Crippen LogP contribution in [0.4, 0.5) is 27.4 Å². The molecule has 1 saturated carbocycles. The molecule has 2 aromatic heterocycles. The lowest BCUT2D eigenvalue weighted by Crippen LogP contribution is -2.16. The number of aromatic nitrogens is 3. The molecule has 11 heteroatoms. The summed E-state index contributed by atoms with van der Waals surface area (Å²) in [6.45, 7) is 0.791. The van der Waals surface area contributed by atoms with Crippen LogP contribution in [0.2, 0.25) is 0 Å². The SMILES string of the molecule is CNc1cc(Nc2cc(C#N)cc3c2OCCO3)nc2c(NC(=O)C[C@@H]3C[C@@H]3F)cnn12. The maximum absolute atomic E-state index is 13.1. The maximum Gasteiger partial charge on any atom is 0.224 e. The number of carbonyl (C=O) groups is 1. The van der Waals surface area contributed by atoms with Crippen molar-refractivity contribution >= 4 is 34.6 Å². The normalized spacial score (nSPS) is 18.7. The smallest absolute Gasteiger partial charge is 0.224 e.